The summed E-state index contributed by atoms with van der Waals surface area (Å²) in [6, 6.07) is -1.30. The van der Waals surface area contributed by atoms with E-state index in [4.69, 9.17) is 0 Å². The van der Waals surface area contributed by atoms with Crippen molar-refractivity contribution in [2.24, 2.45) is 0 Å². The van der Waals surface area contributed by atoms with Gasteiger partial charge in [-0.3, -0.25) is 14.9 Å². The molecule has 0 radical (unpaired) electrons. The predicted molar refractivity (Wildman–Crippen MR) is 66.1 cm³/mol. The number of halogens is 3. The molecular formula is C10H15F3N2O4S. The molecule has 0 spiro atoms. The molecule has 6 nitrogen and oxygen atoms in total. The van der Waals surface area contributed by atoms with E-state index in [1.54, 1.807) is 18.5 Å². The van der Waals surface area contributed by atoms with Crippen LogP contribution in [0.3, 0.4) is 0 Å². The van der Waals surface area contributed by atoms with E-state index in [1.165, 1.54) is 17.1 Å². The molecule has 0 aliphatic rings. The van der Waals surface area contributed by atoms with Gasteiger partial charge in [-0.15, -0.1) is 0 Å². The molecular weight excluding hydrogens is 301 g/mol. The average molecular weight is 316 g/mol. The summed E-state index contributed by atoms with van der Waals surface area (Å²) in [5, 5.41) is 3.06. The minimum Gasteiger partial charge on any atom is -0.456 e. The molecule has 20 heavy (non-hydrogen) atoms. The number of imide groups is 1. The lowest BCUT2D eigenvalue weighted by Crippen LogP contribution is -2.44. The van der Waals surface area contributed by atoms with Crippen molar-refractivity contribution in [1.82, 2.24) is 10.6 Å². The Bertz CT molecular complexity index is 363. The van der Waals surface area contributed by atoms with Gasteiger partial charge in [-0.25, -0.2) is 4.79 Å². The number of carbonyl (C=O) groups excluding carboxylic acids is 3. The van der Waals surface area contributed by atoms with Crippen LogP contribution >= 0.6 is 11.8 Å². The van der Waals surface area contributed by atoms with Crippen LogP contribution in [-0.4, -0.2) is 48.7 Å². The third-order valence-electron chi connectivity index (χ3n) is 1.92. The topological polar surface area (TPSA) is 84.5 Å². The van der Waals surface area contributed by atoms with Crippen molar-refractivity contribution in [2.75, 3.05) is 19.4 Å². The Kier molecular flexibility index (Phi) is 8.04. The minimum atomic E-state index is -4.57. The summed E-state index contributed by atoms with van der Waals surface area (Å²) in [4.78, 5) is 33.2. The van der Waals surface area contributed by atoms with Gasteiger partial charge in [0.05, 0.1) is 6.42 Å². The van der Waals surface area contributed by atoms with Gasteiger partial charge in [0.2, 0.25) is 0 Å². The lowest BCUT2D eigenvalue weighted by atomic mass is 10.3. The van der Waals surface area contributed by atoms with Crippen molar-refractivity contribution in [3.05, 3.63) is 0 Å². The molecule has 0 saturated heterocycles. The van der Waals surface area contributed by atoms with Crippen molar-refractivity contribution < 1.29 is 32.3 Å². The number of amides is 3. The van der Waals surface area contributed by atoms with E-state index in [-0.39, 0.29) is 11.7 Å². The number of carbonyl (C=O) groups is 3. The molecule has 0 bridgehead atoms. The summed E-state index contributed by atoms with van der Waals surface area (Å²) in [5.74, 6) is -1.63. The van der Waals surface area contributed by atoms with Crippen molar-refractivity contribution in [2.45, 2.75) is 24.8 Å². The Balaban J connectivity index is 3.88. The smallest absolute Gasteiger partial charge is 0.405 e. The van der Waals surface area contributed by atoms with E-state index in [0.717, 1.165) is 0 Å². The second-order valence-electron chi connectivity index (χ2n) is 3.76. The number of hydrogen-bond donors (Lipinski definition) is 2. The van der Waals surface area contributed by atoms with E-state index in [0.29, 0.717) is 0 Å². The van der Waals surface area contributed by atoms with Crippen molar-refractivity contribution in [3.63, 3.8) is 0 Å². The lowest BCUT2D eigenvalue weighted by Gasteiger charge is -2.10. The van der Waals surface area contributed by atoms with Gasteiger partial charge >= 0.3 is 18.2 Å². The fourth-order valence-corrected chi connectivity index (χ4v) is 1.21. The number of nitrogens with one attached hydrogen (secondary N) is 2. The third-order valence-corrected chi connectivity index (χ3v) is 2.89. The molecule has 0 aromatic carbocycles. The molecule has 0 aliphatic carbocycles. The first kappa shape index (κ1) is 18.6. The Morgan fingerprint density at radius 2 is 1.90 bits per heavy atom. The monoisotopic (exact) mass is 316 g/mol. The molecule has 2 N–H and O–H groups in total. The van der Waals surface area contributed by atoms with Crippen LogP contribution in [0.4, 0.5) is 18.0 Å². The molecule has 0 unspecified atom stereocenters. The summed E-state index contributed by atoms with van der Waals surface area (Å²) in [5.41, 5.74) is 0. The fraction of sp³-hybridized carbons (Fsp3) is 0.700. The van der Waals surface area contributed by atoms with E-state index < -0.39 is 37.2 Å². The van der Waals surface area contributed by atoms with Crippen LogP contribution in [0, 0.1) is 0 Å². The highest BCUT2D eigenvalue weighted by Gasteiger charge is 2.28. The highest BCUT2D eigenvalue weighted by atomic mass is 32.2. The molecule has 0 aromatic heterocycles. The van der Waals surface area contributed by atoms with Crippen LogP contribution in [0.15, 0.2) is 0 Å². The van der Waals surface area contributed by atoms with Gasteiger partial charge in [-0.1, -0.05) is 6.92 Å². The quantitative estimate of drug-likeness (QED) is 0.716. The molecule has 116 valence electrons. The Morgan fingerprint density at radius 1 is 1.30 bits per heavy atom. The summed E-state index contributed by atoms with van der Waals surface area (Å²) >= 11 is 1.43. The van der Waals surface area contributed by atoms with Gasteiger partial charge in [-0.2, -0.15) is 24.9 Å². The number of ether oxygens (including phenoxy) is 1. The number of esters is 1. The van der Waals surface area contributed by atoms with Crippen LogP contribution in [0.1, 0.15) is 13.3 Å². The minimum absolute atomic E-state index is 0.0145. The highest BCUT2D eigenvalue weighted by molar-refractivity contribution is 7.99. The largest absolute Gasteiger partial charge is 0.456 e. The zero-order chi connectivity index (χ0) is 15.8. The first-order chi connectivity index (χ1) is 9.14. The normalized spacial score (nSPS) is 12.4. The molecule has 0 heterocycles. The van der Waals surface area contributed by atoms with E-state index in [2.05, 4.69) is 4.74 Å². The third kappa shape index (κ3) is 10.5. The maximum absolute atomic E-state index is 11.8. The molecule has 0 fully saturated rings. The Morgan fingerprint density at radius 3 is 2.40 bits per heavy atom. The number of hydrogen-bond acceptors (Lipinski definition) is 5. The summed E-state index contributed by atoms with van der Waals surface area (Å²) in [6.07, 6.45) is -2.68. The molecule has 0 saturated carbocycles. The van der Waals surface area contributed by atoms with Crippen LogP contribution in [0.2, 0.25) is 0 Å². The van der Waals surface area contributed by atoms with Crippen LogP contribution in [-0.2, 0) is 14.3 Å². The molecule has 3 amide bonds. The molecule has 0 aliphatic heterocycles. The summed E-state index contributed by atoms with van der Waals surface area (Å²) in [6.45, 7) is -0.493. The van der Waals surface area contributed by atoms with Gasteiger partial charge in [-0.05, 0) is 6.26 Å². The van der Waals surface area contributed by atoms with Gasteiger partial charge in [0.25, 0.3) is 5.91 Å². The van der Waals surface area contributed by atoms with Gasteiger partial charge < -0.3 is 10.1 Å². The molecule has 0 rings (SSSR count). The van der Waals surface area contributed by atoms with Crippen LogP contribution in [0.5, 0.6) is 0 Å². The first-order valence-electron chi connectivity index (χ1n) is 5.47. The average Bonchev–Trinajstić information content (AvgIpc) is 2.33. The van der Waals surface area contributed by atoms with Crippen molar-refractivity contribution in [1.29, 1.82) is 0 Å². The standard InChI is InChI=1S/C10H15F3N2O4S/c1-6(20-2)3-8(17)19-4-7(16)15-9(18)14-5-10(11,12)13/h6H,3-5H2,1-2H3,(H2,14,15,16,18)/t6-/m0/s1. The second-order valence-corrected chi connectivity index (χ2v) is 5.03. The predicted octanol–water partition coefficient (Wildman–Crippen LogP) is 1.06. The van der Waals surface area contributed by atoms with Gasteiger partial charge in [0.1, 0.15) is 6.54 Å². The zero-order valence-corrected chi connectivity index (χ0v) is 11.7. The highest BCUT2D eigenvalue weighted by Crippen LogP contribution is 2.12. The summed E-state index contributed by atoms with van der Waals surface area (Å²) in [7, 11) is 0. The first-order valence-corrected chi connectivity index (χ1v) is 6.75. The van der Waals surface area contributed by atoms with Crippen molar-refractivity contribution >= 4 is 29.7 Å². The second kappa shape index (κ2) is 8.67. The maximum atomic E-state index is 11.8. The zero-order valence-electron chi connectivity index (χ0n) is 10.9. The molecule has 10 heteroatoms. The molecule has 0 aromatic rings. The molecule has 1 atom stereocenters. The summed E-state index contributed by atoms with van der Waals surface area (Å²) < 4.78 is 39.8. The van der Waals surface area contributed by atoms with E-state index in [1.807, 2.05) is 0 Å². The van der Waals surface area contributed by atoms with Crippen LogP contribution < -0.4 is 10.6 Å². The van der Waals surface area contributed by atoms with Crippen molar-refractivity contribution in [3.8, 4) is 0 Å². The number of urea groups is 1. The SMILES string of the molecule is CS[C@@H](C)CC(=O)OCC(=O)NC(=O)NCC(F)(F)F. The number of rotatable bonds is 6. The number of alkyl halides is 3. The van der Waals surface area contributed by atoms with E-state index >= 15 is 0 Å². The Labute approximate surface area is 117 Å². The lowest BCUT2D eigenvalue weighted by molar-refractivity contribution is -0.148. The van der Waals surface area contributed by atoms with Gasteiger partial charge in [0.15, 0.2) is 6.61 Å². The van der Waals surface area contributed by atoms with Crippen LogP contribution in [0.25, 0.3) is 0 Å². The van der Waals surface area contributed by atoms with E-state index in [9.17, 15) is 27.6 Å². The Hall–Kier alpha value is -1.45. The fourth-order valence-electron chi connectivity index (χ4n) is 0.910. The number of thioether (sulfide) groups is 1. The van der Waals surface area contributed by atoms with Gasteiger partial charge in [0, 0.05) is 5.25 Å². The maximum Gasteiger partial charge on any atom is 0.405 e.